The largest absolute Gasteiger partial charge is 0.361 e. The molecule has 90 valence electrons. The lowest BCUT2D eigenvalue weighted by Crippen LogP contribution is -2.41. The van der Waals surface area contributed by atoms with Crippen LogP contribution in [0.2, 0.25) is 5.02 Å². The minimum Gasteiger partial charge on any atom is -0.361 e. The number of nitriles is 1. The van der Waals surface area contributed by atoms with Crippen molar-refractivity contribution >= 4 is 11.6 Å². The van der Waals surface area contributed by atoms with E-state index in [1.165, 1.54) is 6.07 Å². The van der Waals surface area contributed by atoms with E-state index in [1.54, 1.807) is 12.1 Å². The Morgan fingerprint density at radius 3 is 3.12 bits per heavy atom. The number of morpholine rings is 1. The minimum absolute atomic E-state index is 0.308. The molecule has 1 aromatic rings. The quantitative estimate of drug-likeness (QED) is 0.812. The fourth-order valence-electron chi connectivity index (χ4n) is 1.82. The smallest absolute Gasteiger partial charge is 0.156 e. The van der Waals surface area contributed by atoms with E-state index in [0.717, 1.165) is 0 Å². The first kappa shape index (κ1) is 12.3. The Kier molecular flexibility index (Phi) is 3.95. The average molecular weight is 255 g/mol. The van der Waals surface area contributed by atoms with Gasteiger partial charge in [-0.1, -0.05) is 17.7 Å². The van der Waals surface area contributed by atoms with Crippen molar-refractivity contribution in [2.45, 2.75) is 12.6 Å². The molecule has 0 spiro atoms. The molecule has 1 unspecified atom stereocenters. The molecule has 3 nitrogen and oxygen atoms in total. The van der Waals surface area contributed by atoms with Gasteiger partial charge in [-0.2, -0.15) is 5.26 Å². The topological polar surface area (TPSA) is 36.3 Å². The molecule has 0 amide bonds. The van der Waals surface area contributed by atoms with Gasteiger partial charge in [0, 0.05) is 30.2 Å². The highest BCUT2D eigenvalue weighted by Gasteiger charge is 2.20. The standard InChI is InChI=1S/C12H12ClFN2O/c13-10-2-1-9(12(14)5-10)7-16-3-4-17-11(6-15)8-16/h1-2,5,11H,3-4,7-8H2. The maximum Gasteiger partial charge on any atom is 0.156 e. The average Bonchev–Trinajstić information content (AvgIpc) is 2.33. The van der Waals surface area contributed by atoms with Crippen LogP contribution in [0.15, 0.2) is 18.2 Å². The van der Waals surface area contributed by atoms with E-state index in [1.807, 2.05) is 4.90 Å². The highest BCUT2D eigenvalue weighted by Crippen LogP contribution is 2.17. The number of nitrogens with zero attached hydrogens (tertiary/aromatic N) is 2. The number of rotatable bonds is 2. The van der Waals surface area contributed by atoms with Crippen LogP contribution in [0, 0.1) is 17.1 Å². The second-order valence-electron chi connectivity index (χ2n) is 3.96. The number of hydrogen-bond acceptors (Lipinski definition) is 3. The van der Waals surface area contributed by atoms with Gasteiger partial charge in [0.25, 0.3) is 0 Å². The molecule has 1 heterocycles. The van der Waals surface area contributed by atoms with Crippen LogP contribution in [0.3, 0.4) is 0 Å². The van der Waals surface area contributed by atoms with E-state index in [9.17, 15) is 4.39 Å². The summed E-state index contributed by atoms with van der Waals surface area (Å²) in [6.45, 7) is 2.21. The Balaban J connectivity index is 2.03. The summed E-state index contributed by atoms with van der Waals surface area (Å²) >= 11 is 5.69. The van der Waals surface area contributed by atoms with Crippen LogP contribution in [-0.4, -0.2) is 30.7 Å². The molecule has 0 bridgehead atoms. The van der Waals surface area contributed by atoms with Gasteiger partial charge in [0.05, 0.1) is 12.7 Å². The molecule has 1 atom stereocenters. The third-order valence-corrected chi connectivity index (χ3v) is 2.94. The highest BCUT2D eigenvalue weighted by atomic mass is 35.5. The Morgan fingerprint density at radius 2 is 2.41 bits per heavy atom. The molecule has 1 fully saturated rings. The molecule has 5 heteroatoms. The Hall–Kier alpha value is -1.15. The van der Waals surface area contributed by atoms with E-state index in [4.69, 9.17) is 21.6 Å². The third-order valence-electron chi connectivity index (χ3n) is 2.70. The Labute approximate surface area is 104 Å². The van der Waals surface area contributed by atoms with Gasteiger partial charge in [0.1, 0.15) is 5.82 Å². The summed E-state index contributed by atoms with van der Waals surface area (Å²) in [6, 6.07) is 6.71. The number of hydrogen-bond donors (Lipinski definition) is 0. The summed E-state index contributed by atoms with van der Waals surface area (Å²) in [4.78, 5) is 2.00. The number of ether oxygens (including phenoxy) is 1. The zero-order valence-electron chi connectivity index (χ0n) is 9.20. The van der Waals surface area contributed by atoms with Crippen LogP contribution in [0.5, 0.6) is 0 Å². The third kappa shape index (κ3) is 3.16. The molecule has 0 saturated carbocycles. The molecule has 0 N–H and O–H groups in total. The van der Waals surface area contributed by atoms with Gasteiger partial charge < -0.3 is 4.74 Å². The van der Waals surface area contributed by atoms with E-state index in [2.05, 4.69) is 6.07 Å². The van der Waals surface area contributed by atoms with Crippen LogP contribution in [0.1, 0.15) is 5.56 Å². The molecule has 1 aromatic carbocycles. The molecule has 17 heavy (non-hydrogen) atoms. The van der Waals surface area contributed by atoms with Gasteiger partial charge in [0.2, 0.25) is 0 Å². The highest BCUT2D eigenvalue weighted by molar-refractivity contribution is 6.30. The predicted molar refractivity (Wildman–Crippen MR) is 62.0 cm³/mol. The van der Waals surface area contributed by atoms with Crippen molar-refractivity contribution in [3.8, 4) is 6.07 Å². The first-order chi connectivity index (χ1) is 8.19. The summed E-state index contributed by atoms with van der Waals surface area (Å²) in [5, 5.41) is 9.16. The normalized spacial score (nSPS) is 21.1. The predicted octanol–water partition coefficient (Wildman–Crippen LogP) is 2.20. The lowest BCUT2D eigenvalue weighted by Gasteiger charge is -2.29. The summed E-state index contributed by atoms with van der Waals surface area (Å²) in [5.41, 5.74) is 0.591. The van der Waals surface area contributed by atoms with E-state index in [-0.39, 0.29) is 5.82 Å². The number of halogens is 2. The van der Waals surface area contributed by atoms with Crippen LogP contribution in [0.25, 0.3) is 0 Å². The van der Waals surface area contributed by atoms with E-state index < -0.39 is 6.10 Å². The Bertz CT molecular complexity index is 447. The second-order valence-corrected chi connectivity index (χ2v) is 4.40. The molecule has 0 aliphatic carbocycles. The van der Waals surface area contributed by atoms with Crippen LogP contribution < -0.4 is 0 Å². The molecule has 0 radical (unpaired) electrons. The van der Waals surface area contributed by atoms with Crippen molar-refractivity contribution in [3.05, 3.63) is 34.6 Å². The SMILES string of the molecule is N#CC1CN(Cc2ccc(Cl)cc2F)CCO1. The second kappa shape index (κ2) is 5.46. The fraction of sp³-hybridized carbons (Fsp3) is 0.417. The minimum atomic E-state index is -0.417. The summed E-state index contributed by atoms with van der Waals surface area (Å²) < 4.78 is 18.8. The monoisotopic (exact) mass is 254 g/mol. The zero-order chi connectivity index (χ0) is 12.3. The molecule has 1 saturated heterocycles. The van der Waals surface area contributed by atoms with Crippen LogP contribution in [-0.2, 0) is 11.3 Å². The van der Waals surface area contributed by atoms with Crippen molar-refractivity contribution < 1.29 is 9.13 Å². The van der Waals surface area contributed by atoms with Gasteiger partial charge >= 0.3 is 0 Å². The summed E-state index contributed by atoms with van der Waals surface area (Å²) in [7, 11) is 0. The van der Waals surface area contributed by atoms with Crippen molar-refractivity contribution in [2.24, 2.45) is 0 Å². The zero-order valence-corrected chi connectivity index (χ0v) is 9.95. The van der Waals surface area contributed by atoms with E-state index >= 15 is 0 Å². The summed E-state index contributed by atoms with van der Waals surface area (Å²) in [5.74, 6) is -0.308. The van der Waals surface area contributed by atoms with Crippen molar-refractivity contribution in [1.82, 2.24) is 4.90 Å². The van der Waals surface area contributed by atoms with Gasteiger partial charge in [-0.3, -0.25) is 4.90 Å². The molecule has 0 aromatic heterocycles. The lowest BCUT2D eigenvalue weighted by atomic mass is 10.2. The maximum atomic E-state index is 13.6. The van der Waals surface area contributed by atoms with Gasteiger partial charge in [-0.05, 0) is 12.1 Å². The van der Waals surface area contributed by atoms with Gasteiger partial charge in [0.15, 0.2) is 6.10 Å². The molecular weight excluding hydrogens is 243 g/mol. The van der Waals surface area contributed by atoms with Crippen molar-refractivity contribution in [1.29, 1.82) is 5.26 Å². The number of benzene rings is 1. The maximum absolute atomic E-state index is 13.6. The van der Waals surface area contributed by atoms with Crippen molar-refractivity contribution in [3.63, 3.8) is 0 Å². The summed E-state index contributed by atoms with van der Waals surface area (Å²) in [6.07, 6.45) is -0.417. The first-order valence-electron chi connectivity index (χ1n) is 5.36. The molecule has 2 rings (SSSR count). The van der Waals surface area contributed by atoms with Crippen molar-refractivity contribution in [2.75, 3.05) is 19.7 Å². The van der Waals surface area contributed by atoms with Crippen LogP contribution in [0.4, 0.5) is 4.39 Å². The molecule has 1 aliphatic rings. The molecule has 1 aliphatic heterocycles. The molecular formula is C12H12ClFN2O. The lowest BCUT2D eigenvalue weighted by molar-refractivity contribution is -0.00304. The fourth-order valence-corrected chi connectivity index (χ4v) is 1.97. The van der Waals surface area contributed by atoms with E-state index in [0.29, 0.717) is 36.8 Å². The first-order valence-corrected chi connectivity index (χ1v) is 5.74. The van der Waals surface area contributed by atoms with Gasteiger partial charge in [-0.15, -0.1) is 0 Å². The Morgan fingerprint density at radius 1 is 1.59 bits per heavy atom. The van der Waals surface area contributed by atoms with Crippen LogP contribution >= 0.6 is 11.6 Å². The van der Waals surface area contributed by atoms with Gasteiger partial charge in [-0.25, -0.2) is 4.39 Å².